The van der Waals surface area contributed by atoms with E-state index in [1.807, 2.05) is 18.2 Å². The lowest BCUT2D eigenvalue weighted by Crippen LogP contribution is -2.36. The van der Waals surface area contributed by atoms with E-state index in [0.717, 1.165) is 46.2 Å². The largest absolute Gasteiger partial charge is 0.495 e. The maximum atomic E-state index is 9.80. The summed E-state index contributed by atoms with van der Waals surface area (Å²) in [6, 6.07) is 13.7. The number of nitrogens with zero attached hydrogens (tertiary/aromatic N) is 3. The number of nitrogens with one attached hydrogen (secondary N) is 1. The van der Waals surface area contributed by atoms with Gasteiger partial charge in [-0.3, -0.25) is 4.98 Å². The molecule has 1 aliphatic heterocycles. The molecule has 0 atom stereocenters. The van der Waals surface area contributed by atoms with E-state index in [9.17, 15) is 5.26 Å². The van der Waals surface area contributed by atoms with Gasteiger partial charge in [-0.15, -0.1) is 0 Å². The van der Waals surface area contributed by atoms with Crippen molar-refractivity contribution in [1.82, 2.24) is 4.98 Å². The standard InChI is InChI=1S/C26H22Cl2N4O3/c1-33-24-12-22(19(27)11-20(24)28)31-26-17(13-29)14-30-21-8-16-9-23(32-3-5-35-6-4-32)25(34-2)10-15(16)7-18(21)26/h7-12,14H,3-6H2,1-2H3,(H,30,31). The van der Waals surface area contributed by atoms with Crippen molar-refractivity contribution in [3.8, 4) is 17.6 Å². The Bertz CT molecular complexity index is 1480. The summed E-state index contributed by atoms with van der Waals surface area (Å²) in [5.74, 6) is 1.25. The van der Waals surface area contributed by atoms with Gasteiger partial charge in [-0.05, 0) is 41.1 Å². The van der Waals surface area contributed by atoms with Gasteiger partial charge in [-0.25, -0.2) is 0 Å². The molecule has 178 valence electrons. The second kappa shape index (κ2) is 9.67. The summed E-state index contributed by atoms with van der Waals surface area (Å²) >= 11 is 12.6. The summed E-state index contributed by atoms with van der Waals surface area (Å²) in [4.78, 5) is 6.82. The molecule has 1 aromatic heterocycles. The Kier molecular flexibility index (Phi) is 6.44. The lowest BCUT2D eigenvalue weighted by Gasteiger charge is -2.30. The van der Waals surface area contributed by atoms with Gasteiger partial charge in [0.15, 0.2) is 0 Å². The zero-order valence-corrected chi connectivity index (χ0v) is 20.7. The van der Waals surface area contributed by atoms with Crippen LogP contribution in [0.25, 0.3) is 21.7 Å². The third-order valence-corrected chi connectivity index (χ3v) is 6.71. The van der Waals surface area contributed by atoms with Gasteiger partial charge in [0, 0.05) is 30.7 Å². The zero-order chi connectivity index (χ0) is 24.5. The van der Waals surface area contributed by atoms with Crippen molar-refractivity contribution < 1.29 is 14.2 Å². The van der Waals surface area contributed by atoms with Gasteiger partial charge in [0.05, 0.1) is 65.6 Å². The summed E-state index contributed by atoms with van der Waals surface area (Å²) in [6.45, 7) is 2.98. The summed E-state index contributed by atoms with van der Waals surface area (Å²) in [5.41, 5.74) is 3.32. The smallest absolute Gasteiger partial charge is 0.142 e. The molecule has 1 fully saturated rings. The van der Waals surface area contributed by atoms with E-state index in [4.69, 9.17) is 37.4 Å². The second-order valence-corrected chi connectivity index (χ2v) is 8.90. The number of ether oxygens (including phenoxy) is 3. The number of fused-ring (bicyclic) bond motifs is 2. The normalized spacial score (nSPS) is 13.6. The Hall–Kier alpha value is -3.44. The van der Waals surface area contributed by atoms with Crippen molar-refractivity contribution in [3.63, 3.8) is 0 Å². The minimum atomic E-state index is 0.388. The SMILES string of the molecule is COc1cc(Nc2c(C#N)cnc3cc4cc(N5CCOCC5)c(OC)cc4cc23)c(Cl)cc1Cl. The van der Waals surface area contributed by atoms with Crippen LogP contribution >= 0.6 is 23.2 Å². The Labute approximate surface area is 212 Å². The first-order valence-corrected chi connectivity index (χ1v) is 11.8. The Morgan fingerprint density at radius 1 is 0.971 bits per heavy atom. The van der Waals surface area contributed by atoms with E-state index < -0.39 is 0 Å². The molecule has 7 nitrogen and oxygen atoms in total. The van der Waals surface area contributed by atoms with Crippen LogP contribution in [0.2, 0.25) is 10.0 Å². The first-order valence-electron chi connectivity index (χ1n) is 11.0. The number of benzene rings is 3. The molecule has 0 saturated carbocycles. The number of pyridine rings is 1. The van der Waals surface area contributed by atoms with Crippen molar-refractivity contribution in [1.29, 1.82) is 5.26 Å². The summed E-state index contributed by atoms with van der Waals surface area (Å²) in [7, 11) is 3.20. The molecule has 0 unspecified atom stereocenters. The molecule has 1 aliphatic rings. The lowest BCUT2D eigenvalue weighted by atomic mass is 10.0. The molecule has 0 radical (unpaired) electrons. The van der Waals surface area contributed by atoms with Gasteiger partial charge >= 0.3 is 0 Å². The monoisotopic (exact) mass is 508 g/mol. The first-order chi connectivity index (χ1) is 17.0. The fraction of sp³-hybridized carbons (Fsp3) is 0.231. The number of halogens is 2. The number of morpholine rings is 1. The first kappa shape index (κ1) is 23.3. The number of aromatic nitrogens is 1. The van der Waals surface area contributed by atoms with Crippen molar-refractivity contribution in [3.05, 3.63) is 58.2 Å². The van der Waals surface area contributed by atoms with E-state index in [1.54, 1.807) is 25.4 Å². The van der Waals surface area contributed by atoms with Crippen LogP contribution in [-0.2, 0) is 4.74 Å². The van der Waals surface area contributed by atoms with E-state index in [1.165, 1.54) is 7.11 Å². The average molecular weight is 509 g/mol. The zero-order valence-electron chi connectivity index (χ0n) is 19.2. The molecule has 3 aromatic carbocycles. The Balaban J connectivity index is 1.67. The van der Waals surface area contributed by atoms with Crippen molar-refractivity contribution in [2.75, 3.05) is 50.7 Å². The summed E-state index contributed by atoms with van der Waals surface area (Å²) < 4.78 is 16.6. The highest BCUT2D eigenvalue weighted by atomic mass is 35.5. The quantitative estimate of drug-likeness (QED) is 0.323. The molecule has 0 spiro atoms. The fourth-order valence-electron chi connectivity index (χ4n) is 4.31. The van der Waals surface area contributed by atoms with Gasteiger partial charge in [-0.1, -0.05) is 23.2 Å². The molecule has 5 rings (SSSR count). The number of rotatable bonds is 5. The number of hydrogen-bond acceptors (Lipinski definition) is 7. The third-order valence-electron chi connectivity index (χ3n) is 6.10. The Morgan fingerprint density at radius 3 is 2.43 bits per heavy atom. The van der Waals surface area contributed by atoms with Gasteiger partial charge in [0.2, 0.25) is 0 Å². The molecule has 0 bridgehead atoms. The molecule has 4 aromatic rings. The highest BCUT2D eigenvalue weighted by Crippen LogP contribution is 2.40. The summed E-state index contributed by atoms with van der Waals surface area (Å²) in [5, 5.41) is 16.7. The van der Waals surface area contributed by atoms with Crippen molar-refractivity contribution in [2.45, 2.75) is 0 Å². The van der Waals surface area contributed by atoms with Crippen LogP contribution in [0.15, 0.2) is 42.6 Å². The lowest BCUT2D eigenvalue weighted by molar-refractivity contribution is 0.122. The van der Waals surface area contributed by atoms with Gasteiger partial charge in [0.25, 0.3) is 0 Å². The van der Waals surface area contributed by atoms with Gasteiger partial charge < -0.3 is 24.4 Å². The molecule has 0 aliphatic carbocycles. The van der Waals surface area contributed by atoms with Crippen LogP contribution in [-0.4, -0.2) is 45.5 Å². The van der Waals surface area contributed by atoms with E-state index >= 15 is 0 Å². The number of anilines is 3. The number of methoxy groups -OCH3 is 2. The predicted octanol–water partition coefficient (Wildman–Crippen LogP) is 6.16. The van der Waals surface area contributed by atoms with Crippen LogP contribution in [0.4, 0.5) is 17.1 Å². The minimum absolute atomic E-state index is 0.388. The third kappa shape index (κ3) is 4.37. The fourth-order valence-corrected chi connectivity index (χ4v) is 4.81. The maximum Gasteiger partial charge on any atom is 0.142 e. The molecule has 0 amide bonds. The molecule has 9 heteroatoms. The summed E-state index contributed by atoms with van der Waals surface area (Å²) in [6.07, 6.45) is 1.56. The molecule has 1 N–H and O–H groups in total. The number of nitriles is 1. The van der Waals surface area contributed by atoms with Crippen LogP contribution < -0.4 is 19.7 Å². The maximum absolute atomic E-state index is 9.80. The van der Waals surface area contributed by atoms with Crippen molar-refractivity contribution in [2.24, 2.45) is 0 Å². The van der Waals surface area contributed by atoms with Crippen LogP contribution in [0.3, 0.4) is 0 Å². The molecular weight excluding hydrogens is 487 g/mol. The Morgan fingerprint density at radius 2 is 1.71 bits per heavy atom. The minimum Gasteiger partial charge on any atom is -0.495 e. The van der Waals surface area contributed by atoms with Crippen molar-refractivity contribution >= 4 is 61.9 Å². The highest BCUT2D eigenvalue weighted by Gasteiger charge is 2.18. The second-order valence-electron chi connectivity index (χ2n) is 8.09. The topological polar surface area (TPSA) is 79.6 Å². The average Bonchev–Trinajstić information content (AvgIpc) is 2.88. The van der Waals surface area contributed by atoms with Gasteiger partial charge in [-0.2, -0.15) is 5.26 Å². The molecule has 2 heterocycles. The molecular formula is C26H22Cl2N4O3. The van der Waals surface area contributed by atoms with Crippen LogP contribution in [0.5, 0.6) is 11.5 Å². The number of hydrogen-bond donors (Lipinski definition) is 1. The van der Waals surface area contributed by atoms with E-state index in [0.29, 0.717) is 45.9 Å². The predicted molar refractivity (Wildman–Crippen MR) is 140 cm³/mol. The van der Waals surface area contributed by atoms with Gasteiger partial charge in [0.1, 0.15) is 17.6 Å². The van der Waals surface area contributed by atoms with E-state index in [-0.39, 0.29) is 0 Å². The van der Waals surface area contributed by atoms with Crippen LogP contribution in [0, 0.1) is 11.3 Å². The van der Waals surface area contributed by atoms with Crippen LogP contribution in [0.1, 0.15) is 5.56 Å². The molecule has 35 heavy (non-hydrogen) atoms. The highest BCUT2D eigenvalue weighted by molar-refractivity contribution is 6.37. The molecule has 1 saturated heterocycles. The van der Waals surface area contributed by atoms with E-state index in [2.05, 4.69) is 27.3 Å².